The summed E-state index contributed by atoms with van der Waals surface area (Å²) in [5.74, 6) is 0.432. The second-order valence-corrected chi connectivity index (χ2v) is 9.46. The van der Waals surface area contributed by atoms with Crippen molar-refractivity contribution in [1.29, 1.82) is 0 Å². The van der Waals surface area contributed by atoms with Gasteiger partial charge < -0.3 is 23.7 Å². The van der Waals surface area contributed by atoms with Crippen LogP contribution < -0.4 is 19.9 Å². The van der Waals surface area contributed by atoms with Crippen molar-refractivity contribution < 1.29 is 33.3 Å². The highest BCUT2D eigenvalue weighted by molar-refractivity contribution is 6.37. The van der Waals surface area contributed by atoms with Crippen molar-refractivity contribution >= 4 is 46.3 Å². The van der Waals surface area contributed by atoms with Crippen molar-refractivity contribution in [3.63, 3.8) is 0 Å². The second-order valence-electron chi connectivity index (χ2n) is 8.64. The van der Waals surface area contributed by atoms with Gasteiger partial charge in [0, 0.05) is 5.56 Å². The molecule has 1 atom stereocenters. The maximum Gasteiger partial charge on any atom is 0.422 e. The quantitative estimate of drug-likeness (QED) is 0.246. The second kappa shape index (κ2) is 11.5. The Hall–Kier alpha value is -4.15. The van der Waals surface area contributed by atoms with Gasteiger partial charge in [0.05, 0.1) is 40.8 Å². The summed E-state index contributed by atoms with van der Waals surface area (Å²) in [6.07, 6.45) is -1.96. The molecule has 0 bridgehead atoms. The molecule has 0 N–H and O–H groups in total. The van der Waals surface area contributed by atoms with Crippen molar-refractivity contribution in [3.05, 3.63) is 86.3 Å². The Morgan fingerprint density at radius 2 is 1.60 bits per heavy atom. The highest BCUT2D eigenvalue weighted by Gasteiger charge is 2.29. The lowest BCUT2D eigenvalue weighted by atomic mass is 10.1. The van der Waals surface area contributed by atoms with Crippen LogP contribution in [-0.2, 0) is 20.8 Å². The highest BCUT2D eigenvalue weighted by Crippen LogP contribution is 2.40. The van der Waals surface area contributed by atoms with Crippen LogP contribution in [0.3, 0.4) is 0 Å². The van der Waals surface area contributed by atoms with E-state index in [1.807, 2.05) is 0 Å². The number of imidazole rings is 1. The fourth-order valence-electron chi connectivity index (χ4n) is 4.39. The van der Waals surface area contributed by atoms with Gasteiger partial charge in [0.15, 0.2) is 17.2 Å². The fraction of sp³-hybridized carbons (Fsp3) is 0.250. The van der Waals surface area contributed by atoms with Crippen molar-refractivity contribution in [3.8, 4) is 17.2 Å². The van der Waals surface area contributed by atoms with Gasteiger partial charge in [-0.3, -0.25) is 4.57 Å². The summed E-state index contributed by atoms with van der Waals surface area (Å²) in [5.41, 5.74) is 1.38. The molecule has 5 rings (SSSR count). The standard InChI is InChI=1S/C28H24Cl2N2O8/c1-3-36-26(33)24(17-9-10-22-23(13-17)39-15-38-22)40-25-18(29)11-16(12-19(25)30)14-31-20-7-5-6-8-21(20)32(27(31)34)28(35)37-4-2/h5-13,24H,3-4,14-15H2,1-2H3. The third-order valence-electron chi connectivity index (χ3n) is 6.12. The third kappa shape index (κ3) is 5.20. The predicted molar refractivity (Wildman–Crippen MR) is 147 cm³/mol. The van der Waals surface area contributed by atoms with E-state index < -0.39 is 23.9 Å². The molecule has 1 unspecified atom stereocenters. The Labute approximate surface area is 238 Å². The molecule has 0 saturated heterocycles. The number of aromatic nitrogens is 2. The van der Waals surface area contributed by atoms with Gasteiger partial charge in [-0.25, -0.2) is 14.4 Å². The molecule has 208 valence electrons. The SMILES string of the molecule is CCOC(=O)C(Oc1c(Cl)cc(Cn2c(=O)n(C(=O)OCC)c3ccccc32)cc1Cl)c1ccc2c(c1)OCO2. The van der Waals surface area contributed by atoms with Crippen molar-refractivity contribution in [2.45, 2.75) is 26.5 Å². The number of para-hydroxylation sites is 2. The Balaban J connectivity index is 1.48. The Bertz CT molecular complexity index is 1640. The maximum absolute atomic E-state index is 13.2. The highest BCUT2D eigenvalue weighted by atomic mass is 35.5. The molecule has 0 aliphatic carbocycles. The minimum atomic E-state index is -1.19. The molecule has 1 aromatic heterocycles. The number of hydrogen-bond acceptors (Lipinski definition) is 8. The summed E-state index contributed by atoms with van der Waals surface area (Å²) in [5, 5.41) is 0.222. The lowest BCUT2D eigenvalue weighted by molar-refractivity contribution is -0.151. The molecule has 40 heavy (non-hydrogen) atoms. The van der Waals surface area contributed by atoms with Crippen LogP contribution in [0.2, 0.25) is 10.0 Å². The summed E-state index contributed by atoms with van der Waals surface area (Å²) in [7, 11) is 0. The number of nitrogens with zero attached hydrogens (tertiary/aromatic N) is 2. The number of carbonyl (C=O) groups is 2. The molecule has 3 aromatic carbocycles. The molecule has 2 heterocycles. The maximum atomic E-state index is 13.2. The molecule has 12 heteroatoms. The van der Waals surface area contributed by atoms with Crippen LogP contribution >= 0.6 is 23.2 Å². The van der Waals surface area contributed by atoms with Gasteiger partial charge in [0.25, 0.3) is 0 Å². The van der Waals surface area contributed by atoms with Crippen LogP contribution in [0, 0.1) is 0 Å². The minimum Gasteiger partial charge on any atom is -0.471 e. The lowest BCUT2D eigenvalue weighted by Gasteiger charge is -2.20. The normalized spacial score (nSPS) is 12.8. The molecular formula is C28H24Cl2N2O8. The zero-order chi connectivity index (χ0) is 28.4. The third-order valence-corrected chi connectivity index (χ3v) is 6.68. The first-order chi connectivity index (χ1) is 19.3. The summed E-state index contributed by atoms with van der Waals surface area (Å²) in [6, 6.07) is 15.0. The van der Waals surface area contributed by atoms with E-state index in [0.717, 1.165) is 4.57 Å². The van der Waals surface area contributed by atoms with Gasteiger partial charge in [-0.15, -0.1) is 0 Å². The van der Waals surface area contributed by atoms with Gasteiger partial charge >= 0.3 is 17.8 Å². The van der Waals surface area contributed by atoms with E-state index in [4.69, 9.17) is 46.9 Å². The molecule has 1 aliphatic rings. The Kier molecular flexibility index (Phi) is 7.90. The molecule has 0 fully saturated rings. The minimum absolute atomic E-state index is 0.0505. The number of benzene rings is 3. The molecule has 0 radical (unpaired) electrons. The predicted octanol–water partition coefficient (Wildman–Crippen LogP) is 5.57. The van der Waals surface area contributed by atoms with E-state index in [2.05, 4.69) is 0 Å². The van der Waals surface area contributed by atoms with Crippen molar-refractivity contribution in [2.24, 2.45) is 0 Å². The zero-order valence-corrected chi connectivity index (χ0v) is 23.0. The summed E-state index contributed by atoms with van der Waals surface area (Å²) < 4.78 is 29.5. The van der Waals surface area contributed by atoms with Crippen LogP contribution in [-0.4, -0.2) is 41.2 Å². The van der Waals surface area contributed by atoms with Gasteiger partial charge in [0.2, 0.25) is 12.9 Å². The zero-order valence-electron chi connectivity index (χ0n) is 21.5. The molecule has 4 aromatic rings. The van der Waals surface area contributed by atoms with E-state index in [1.165, 1.54) is 4.57 Å². The van der Waals surface area contributed by atoms with Gasteiger partial charge in [0.1, 0.15) is 0 Å². The molecular weight excluding hydrogens is 563 g/mol. The van der Waals surface area contributed by atoms with Crippen LogP contribution in [0.1, 0.15) is 31.1 Å². The molecule has 10 nitrogen and oxygen atoms in total. The lowest BCUT2D eigenvalue weighted by Crippen LogP contribution is -2.30. The number of halogens is 2. The number of esters is 1. The van der Waals surface area contributed by atoms with Gasteiger partial charge in [-0.2, -0.15) is 4.57 Å². The first-order valence-corrected chi connectivity index (χ1v) is 13.2. The average Bonchev–Trinajstić information content (AvgIpc) is 3.50. The number of carbonyl (C=O) groups excluding carboxylic acids is 2. The Morgan fingerprint density at radius 1 is 0.925 bits per heavy atom. The van der Waals surface area contributed by atoms with E-state index in [0.29, 0.717) is 33.7 Å². The summed E-state index contributed by atoms with van der Waals surface area (Å²) in [6.45, 7) is 3.73. The van der Waals surface area contributed by atoms with Crippen molar-refractivity contribution in [2.75, 3.05) is 20.0 Å². The summed E-state index contributed by atoms with van der Waals surface area (Å²) in [4.78, 5) is 38.6. The smallest absolute Gasteiger partial charge is 0.422 e. The van der Waals surface area contributed by atoms with E-state index in [9.17, 15) is 14.4 Å². The van der Waals surface area contributed by atoms with Crippen LogP contribution in [0.15, 0.2) is 59.4 Å². The van der Waals surface area contributed by atoms with E-state index >= 15 is 0 Å². The number of fused-ring (bicyclic) bond motifs is 2. The number of ether oxygens (including phenoxy) is 5. The largest absolute Gasteiger partial charge is 0.471 e. The van der Waals surface area contributed by atoms with Gasteiger partial charge in [-0.1, -0.05) is 41.4 Å². The van der Waals surface area contributed by atoms with Crippen LogP contribution in [0.5, 0.6) is 17.2 Å². The van der Waals surface area contributed by atoms with Gasteiger partial charge in [-0.05, 0) is 55.8 Å². The molecule has 0 saturated carbocycles. The topological polar surface area (TPSA) is 107 Å². The van der Waals surface area contributed by atoms with Crippen molar-refractivity contribution in [1.82, 2.24) is 9.13 Å². The van der Waals surface area contributed by atoms with Crippen LogP contribution in [0.25, 0.3) is 11.0 Å². The summed E-state index contributed by atoms with van der Waals surface area (Å²) >= 11 is 13.2. The molecule has 0 amide bonds. The van der Waals surface area contributed by atoms with E-state index in [-0.39, 0.29) is 42.3 Å². The van der Waals surface area contributed by atoms with E-state index in [1.54, 1.807) is 68.4 Å². The first kappa shape index (κ1) is 27.4. The molecule has 1 aliphatic heterocycles. The Morgan fingerprint density at radius 3 is 2.30 bits per heavy atom. The fourth-order valence-corrected chi connectivity index (χ4v) is 5.01. The van der Waals surface area contributed by atoms with Crippen LogP contribution in [0.4, 0.5) is 4.79 Å². The molecule has 0 spiro atoms. The average molecular weight is 587 g/mol. The first-order valence-electron chi connectivity index (χ1n) is 12.4. The number of rotatable bonds is 8. The monoisotopic (exact) mass is 586 g/mol. The number of hydrogen-bond donors (Lipinski definition) is 0.